The van der Waals surface area contributed by atoms with Gasteiger partial charge in [-0.2, -0.15) is 0 Å². The Bertz CT molecular complexity index is 740. The summed E-state index contributed by atoms with van der Waals surface area (Å²) in [5, 5.41) is 10.5. The number of carbonyl (C=O) groups excluding carboxylic acids is 1. The summed E-state index contributed by atoms with van der Waals surface area (Å²) in [5.74, 6) is -0.725. The number of aliphatic carboxylic acids is 1. The number of thiazole rings is 1. The lowest BCUT2D eigenvalue weighted by atomic mass is 9.82. The first kappa shape index (κ1) is 17.9. The molecule has 0 spiro atoms. The highest BCUT2D eigenvalue weighted by molar-refractivity contribution is 7.18. The van der Waals surface area contributed by atoms with Gasteiger partial charge in [0.05, 0.1) is 20.6 Å². The summed E-state index contributed by atoms with van der Waals surface area (Å²) in [5.41, 5.74) is 0.245. The van der Waals surface area contributed by atoms with Crippen molar-refractivity contribution in [1.82, 2.24) is 9.88 Å². The summed E-state index contributed by atoms with van der Waals surface area (Å²) < 4.78 is 1.20. The number of hydrogen-bond donors (Lipinski definition) is 1. The predicted molar refractivity (Wildman–Crippen MR) is 98.7 cm³/mol. The Labute approximate surface area is 151 Å². The second kappa shape index (κ2) is 7.52. The fourth-order valence-corrected chi connectivity index (χ4v) is 4.37. The number of carboxylic acid groups (broad SMARTS) is 1. The molecule has 1 aromatic carbocycles. The zero-order valence-corrected chi connectivity index (χ0v) is 15.3. The highest BCUT2D eigenvalue weighted by atomic mass is 32.1. The highest BCUT2D eigenvalue weighted by Gasteiger charge is 2.39. The van der Waals surface area contributed by atoms with Crippen molar-refractivity contribution in [1.29, 1.82) is 0 Å². The van der Waals surface area contributed by atoms with Gasteiger partial charge >= 0.3 is 5.97 Å². The van der Waals surface area contributed by atoms with Crippen LogP contribution in [-0.4, -0.2) is 40.0 Å². The van der Waals surface area contributed by atoms with Crippen molar-refractivity contribution in [3.8, 4) is 0 Å². The molecule has 1 unspecified atom stereocenters. The number of benzene rings is 1. The Kier molecular flexibility index (Phi) is 5.37. The monoisotopic (exact) mass is 360 g/mol. The van der Waals surface area contributed by atoms with Gasteiger partial charge in [0, 0.05) is 19.5 Å². The Balaban J connectivity index is 1.45. The quantitative estimate of drug-likeness (QED) is 0.797. The number of hydrogen-bond acceptors (Lipinski definition) is 4. The summed E-state index contributed by atoms with van der Waals surface area (Å²) in [6.07, 6.45) is 4.52. The number of piperidine rings is 1. The van der Waals surface area contributed by atoms with Gasteiger partial charge in [0.1, 0.15) is 0 Å². The Hall–Kier alpha value is -1.95. The third-order valence-corrected chi connectivity index (χ3v) is 6.03. The van der Waals surface area contributed by atoms with Crippen LogP contribution in [0, 0.1) is 5.41 Å². The van der Waals surface area contributed by atoms with E-state index in [1.807, 2.05) is 18.2 Å². The van der Waals surface area contributed by atoms with Crippen LogP contribution in [0.15, 0.2) is 24.3 Å². The van der Waals surface area contributed by atoms with Gasteiger partial charge in [-0.25, -0.2) is 4.98 Å². The van der Waals surface area contributed by atoms with Gasteiger partial charge in [-0.3, -0.25) is 9.59 Å². The number of fused-ring (bicyclic) bond motifs is 1. The summed E-state index contributed by atoms with van der Waals surface area (Å²) in [4.78, 5) is 30.1. The maximum absolute atomic E-state index is 12.4. The number of aromatic nitrogens is 1. The maximum atomic E-state index is 12.4. The highest BCUT2D eigenvalue weighted by Crippen LogP contribution is 2.30. The minimum absolute atomic E-state index is 0.0801. The lowest BCUT2D eigenvalue weighted by Crippen LogP contribution is -2.48. The second-order valence-corrected chi connectivity index (χ2v) is 8.18. The van der Waals surface area contributed by atoms with Crippen LogP contribution >= 0.6 is 11.3 Å². The van der Waals surface area contributed by atoms with Crippen molar-refractivity contribution in [2.24, 2.45) is 5.41 Å². The largest absolute Gasteiger partial charge is 0.481 e. The topological polar surface area (TPSA) is 70.5 Å². The van der Waals surface area contributed by atoms with Gasteiger partial charge in [0.15, 0.2) is 0 Å². The summed E-state index contributed by atoms with van der Waals surface area (Å²) in [6, 6.07) is 8.12. The fourth-order valence-electron chi connectivity index (χ4n) is 3.36. The van der Waals surface area contributed by atoms with E-state index in [1.54, 1.807) is 23.2 Å². The smallest absolute Gasteiger partial charge is 0.311 e. The van der Waals surface area contributed by atoms with E-state index in [1.165, 1.54) is 4.70 Å². The first-order valence-corrected chi connectivity index (χ1v) is 9.65. The molecule has 1 aliphatic heterocycles. The molecule has 1 N–H and O–H groups in total. The Morgan fingerprint density at radius 2 is 2.12 bits per heavy atom. The van der Waals surface area contributed by atoms with E-state index in [9.17, 15) is 14.7 Å². The van der Waals surface area contributed by atoms with E-state index in [0.29, 0.717) is 25.9 Å². The second-order valence-electron chi connectivity index (χ2n) is 7.07. The van der Waals surface area contributed by atoms with Crippen molar-refractivity contribution < 1.29 is 14.7 Å². The van der Waals surface area contributed by atoms with Crippen molar-refractivity contribution in [2.75, 3.05) is 13.1 Å². The molecule has 5 nitrogen and oxygen atoms in total. The number of nitrogens with zero attached hydrogens (tertiary/aromatic N) is 2. The molecule has 25 heavy (non-hydrogen) atoms. The third-order valence-electron chi connectivity index (χ3n) is 4.93. The van der Waals surface area contributed by atoms with E-state index in [2.05, 4.69) is 11.1 Å². The number of amides is 1. The van der Waals surface area contributed by atoms with Crippen LogP contribution in [0.5, 0.6) is 0 Å². The van der Waals surface area contributed by atoms with Gasteiger partial charge in [-0.15, -0.1) is 11.3 Å². The summed E-state index contributed by atoms with van der Waals surface area (Å²) in [7, 11) is 0. The minimum Gasteiger partial charge on any atom is -0.481 e. The van der Waals surface area contributed by atoms with E-state index in [-0.39, 0.29) is 5.91 Å². The lowest BCUT2D eigenvalue weighted by molar-refractivity contribution is -0.153. The summed E-state index contributed by atoms with van der Waals surface area (Å²) in [6.45, 7) is 2.75. The van der Waals surface area contributed by atoms with Crippen molar-refractivity contribution in [3.05, 3.63) is 29.3 Å². The minimum atomic E-state index is -0.805. The number of para-hydroxylation sites is 1. The van der Waals surface area contributed by atoms with E-state index < -0.39 is 11.4 Å². The average Bonchev–Trinajstić information content (AvgIpc) is 3.01. The van der Waals surface area contributed by atoms with Gasteiger partial charge < -0.3 is 10.0 Å². The van der Waals surface area contributed by atoms with Crippen LogP contribution in [0.3, 0.4) is 0 Å². The molecule has 1 amide bonds. The first-order chi connectivity index (χ1) is 12.0. The number of likely N-dealkylation sites (tertiary alicyclic amines) is 1. The van der Waals surface area contributed by atoms with E-state index >= 15 is 0 Å². The molecule has 0 radical (unpaired) electrons. The molecule has 2 aromatic rings. The number of aryl methyl sites for hydroxylation is 1. The molecule has 1 aliphatic rings. The van der Waals surface area contributed by atoms with Crippen LogP contribution in [0.4, 0.5) is 0 Å². The van der Waals surface area contributed by atoms with Gasteiger partial charge in [0.2, 0.25) is 5.91 Å². The predicted octanol–water partition coefficient (Wildman–Crippen LogP) is 3.72. The zero-order chi connectivity index (χ0) is 17.9. The molecular weight excluding hydrogens is 336 g/mol. The van der Waals surface area contributed by atoms with Gasteiger partial charge in [0.25, 0.3) is 0 Å². The molecule has 2 heterocycles. The van der Waals surface area contributed by atoms with Crippen LogP contribution < -0.4 is 0 Å². The van der Waals surface area contributed by atoms with Crippen molar-refractivity contribution in [3.63, 3.8) is 0 Å². The standard InChI is InChI=1S/C19H24N2O3S/c1-19(18(23)24)11-6-12-21(13-19)17(22)10-5-4-9-16-20-14-7-2-3-8-15(14)25-16/h2-3,7-8H,4-6,9-13H2,1H3,(H,23,24). The van der Waals surface area contributed by atoms with E-state index in [0.717, 1.165) is 36.2 Å². The Morgan fingerprint density at radius 3 is 2.88 bits per heavy atom. The molecule has 0 saturated carbocycles. The number of carbonyl (C=O) groups is 2. The zero-order valence-electron chi connectivity index (χ0n) is 14.5. The fraction of sp³-hybridized carbons (Fsp3) is 0.526. The third kappa shape index (κ3) is 4.18. The van der Waals surface area contributed by atoms with Crippen molar-refractivity contribution >= 4 is 33.4 Å². The molecule has 0 bridgehead atoms. The normalized spacial score (nSPS) is 20.8. The SMILES string of the molecule is CC1(C(=O)O)CCCN(C(=O)CCCCc2nc3ccccc3s2)C1. The van der Waals surface area contributed by atoms with Crippen LogP contribution in [0.2, 0.25) is 0 Å². The van der Waals surface area contributed by atoms with Crippen molar-refractivity contribution in [2.45, 2.75) is 45.4 Å². The maximum Gasteiger partial charge on any atom is 0.311 e. The molecule has 134 valence electrons. The number of unbranched alkanes of at least 4 members (excludes halogenated alkanes) is 1. The molecule has 6 heteroatoms. The Morgan fingerprint density at radius 1 is 1.32 bits per heavy atom. The van der Waals surface area contributed by atoms with Gasteiger partial charge in [-0.05, 0) is 51.2 Å². The molecule has 1 fully saturated rings. The van der Waals surface area contributed by atoms with Crippen LogP contribution in [-0.2, 0) is 16.0 Å². The molecule has 1 atom stereocenters. The van der Waals surface area contributed by atoms with Gasteiger partial charge in [-0.1, -0.05) is 12.1 Å². The number of rotatable bonds is 6. The summed E-state index contributed by atoms with van der Waals surface area (Å²) >= 11 is 1.72. The van der Waals surface area contributed by atoms with Crippen LogP contribution in [0.25, 0.3) is 10.2 Å². The van der Waals surface area contributed by atoms with Crippen LogP contribution in [0.1, 0.15) is 44.0 Å². The first-order valence-electron chi connectivity index (χ1n) is 8.83. The lowest BCUT2D eigenvalue weighted by Gasteiger charge is -2.37. The molecule has 3 rings (SSSR count). The molecular formula is C19H24N2O3S. The van der Waals surface area contributed by atoms with E-state index in [4.69, 9.17) is 0 Å². The molecule has 0 aliphatic carbocycles. The molecule has 1 saturated heterocycles. The number of carboxylic acids is 1. The molecule has 1 aromatic heterocycles. The average molecular weight is 360 g/mol.